The highest BCUT2D eigenvalue weighted by Gasteiger charge is 2.14. The molecule has 0 fully saturated rings. The number of rotatable bonds is 8. The van der Waals surface area contributed by atoms with E-state index < -0.39 is 0 Å². The average molecular weight is 407 g/mol. The molecule has 1 amide bonds. The van der Waals surface area contributed by atoms with E-state index in [1.807, 2.05) is 17.0 Å². The number of Topliss-reactive ketones (excluding diaryl/α,β-unsaturated/α-hetero) is 1. The predicted octanol–water partition coefficient (Wildman–Crippen LogP) is 4.34. The summed E-state index contributed by atoms with van der Waals surface area (Å²) in [6.07, 6.45) is 1.78. The van der Waals surface area contributed by atoms with Crippen LogP contribution in [0, 0.1) is 0 Å². The molecular weight excluding hydrogens is 388 g/mol. The zero-order chi connectivity index (χ0) is 17.5. The van der Waals surface area contributed by atoms with Gasteiger partial charge in [-0.05, 0) is 47.1 Å². The number of thiophene rings is 1. The van der Waals surface area contributed by atoms with Crippen LogP contribution in [0.25, 0.3) is 0 Å². The SMILES string of the molecule is C=CCN(CC(=O)Nc1ccccc1C(C)=O)Cc1ccc(Br)s1. The Morgan fingerprint density at radius 2 is 2.04 bits per heavy atom. The second kappa shape index (κ2) is 8.92. The zero-order valence-electron chi connectivity index (χ0n) is 13.4. The minimum absolute atomic E-state index is 0.0720. The van der Waals surface area contributed by atoms with Gasteiger partial charge in [0.25, 0.3) is 0 Å². The largest absolute Gasteiger partial charge is 0.324 e. The Hall–Kier alpha value is -1.76. The first-order chi connectivity index (χ1) is 11.5. The van der Waals surface area contributed by atoms with Crippen LogP contribution in [0.1, 0.15) is 22.2 Å². The number of hydrogen-bond donors (Lipinski definition) is 1. The molecule has 0 unspecified atom stereocenters. The molecule has 0 saturated heterocycles. The Kier molecular flexibility index (Phi) is 6.90. The minimum atomic E-state index is -0.152. The lowest BCUT2D eigenvalue weighted by molar-refractivity contribution is -0.117. The molecular formula is C18H19BrN2O2S. The van der Waals surface area contributed by atoms with Crippen LogP contribution in [-0.2, 0) is 11.3 Å². The molecule has 0 bridgehead atoms. The molecule has 24 heavy (non-hydrogen) atoms. The molecule has 0 aliphatic heterocycles. The van der Waals surface area contributed by atoms with E-state index in [1.165, 1.54) is 11.8 Å². The number of hydrogen-bond acceptors (Lipinski definition) is 4. The maximum absolute atomic E-state index is 12.4. The lowest BCUT2D eigenvalue weighted by Crippen LogP contribution is -2.33. The predicted molar refractivity (Wildman–Crippen MR) is 103 cm³/mol. The summed E-state index contributed by atoms with van der Waals surface area (Å²) < 4.78 is 1.07. The van der Waals surface area contributed by atoms with Gasteiger partial charge in [0.1, 0.15) is 0 Å². The van der Waals surface area contributed by atoms with Gasteiger partial charge in [-0.15, -0.1) is 17.9 Å². The summed E-state index contributed by atoms with van der Waals surface area (Å²) in [5.74, 6) is -0.224. The maximum Gasteiger partial charge on any atom is 0.238 e. The van der Waals surface area contributed by atoms with Crippen LogP contribution in [0.5, 0.6) is 0 Å². The van der Waals surface area contributed by atoms with Gasteiger partial charge in [-0.25, -0.2) is 0 Å². The van der Waals surface area contributed by atoms with Crippen molar-refractivity contribution in [2.45, 2.75) is 13.5 Å². The molecule has 2 rings (SSSR count). The summed E-state index contributed by atoms with van der Waals surface area (Å²) in [7, 11) is 0. The van der Waals surface area contributed by atoms with Crippen molar-refractivity contribution in [2.24, 2.45) is 0 Å². The monoisotopic (exact) mass is 406 g/mol. The highest BCUT2D eigenvalue weighted by molar-refractivity contribution is 9.11. The van der Waals surface area contributed by atoms with Gasteiger partial charge >= 0.3 is 0 Å². The molecule has 1 heterocycles. The average Bonchev–Trinajstić information content (AvgIpc) is 2.92. The van der Waals surface area contributed by atoms with E-state index in [4.69, 9.17) is 0 Å². The van der Waals surface area contributed by atoms with E-state index in [9.17, 15) is 9.59 Å². The molecule has 1 N–H and O–H groups in total. The van der Waals surface area contributed by atoms with Crippen LogP contribution in [-0.4, -0.2) is 29.7 Å². The van der Waals surface area contributed by atoms with Gasteiger partial charge in [0.05, 0.1) is 16.0 Å². The van der Waals surface area contributed by atoms with Gasteiger partial charge in [0.2, 0.25) is 5.91 Å². The van der Waals surface area contributed by atoms with Crippen LogP contribution in [0.4, 0.5) is 5.69 Å². The van der Waals surface area contributed by atoms with Crippen molar-refractivity contribution >= 4 is 44.6 Å². The summed E-state index contributed by atoms with van der Waals surface area (Å²) in [5, 5.41) is 2.83. The molecule has 0 spiro atoms. The number of benzene rings is 1. The summed E-state index contributed by atoms with van der Waals surface area (Å²) in [6, 6.07) is 11.1. The lowest BCUT2D eigenvalue weighted by atomic mass is 10.1. The number of halogens is 1. The minimum Gasteiger partial charge on any atom is -0.324 e. The molecule has 0 radical (unpaired) electrons. The normalized spacial score (nSPS) is 10.6. The first kappa shape index (κ1) is 18.6. The molecule has 0 aliphatic carbocycles. The fraction of sp³-hybridized carbons (Fsp3) is 0.222. The zero-order valence-corrected chi connectivity index (χ0v) is 15.8. The van der Waals surface area contributed by atoms with Crippen LogP contribution in [0.2, 0.25) is 0 Å². The smallest absolute Gasteiger partial charge is 0.238 e. The number of nitrogens with one attached hydrogen (secondary N) is 1. The van der Waals surface area contributed by atoms with Gasteiger partial charge in [0, 0.05) is 23.5 Å². The van der Waals surface area contributed by atoms with Gasteiger partial charge < -0.3 is 5.32 Å². The van der Waals surface area contributed by atoms with Crippen LogP contribution in [0.15, 0.2) is 52.8 Å². The Morgan fingerprint density at radius 3 is 2.67 bits per heavy atom. The molecule has 1 aromatic heterocycles. The number of anilines is 1. The van der Waals surface area contributed by atoms with Gasteiger partial charge in [-0.3, -0.25) is 14.5 Å². The molecule has 1 aromatic carbocycles. The van der Waals surface area contributed by atoms with Crippen molar-refractivity contribution in [3.63, 3.8) is 0 Å². The number of ketones is 1. The molecule has 126 valence electrons. The van der Waals surface area contributed by atoms with E-state index in [-0.39, 0.29) is 18.2 Å². The molecule has 4 nitrogen and oxygen atoms in total. The second-order valence-electron chi connectivity index (χ2n) is 5.31. The van der Waals surface area contributed by atoms with Crippen molar-refractivity contribution in [1.82, 2.24) is 4.90 Å². The fourth-order valence-electron chi connectivity index (χ4n) is 2.32. The Labute approximate surface area is 154 Å². The van der Waals surface area contributed by atoms with Gasteiger partial charge in [-0.1, -0.05) is 18.2 Å². The van der Waals surface area contributed by atoms with Gasteiger partial charge in [-0.2, -0.15) is 0 Å². The van der Waals surface area contributed by atoms with Crippen molar-refractivity contribution in [3.8, 4) is 0 Å². The third-order valence-corrected chi connectivity index (χ3v) is 4.95. The lowest BCUT2D eigenvalue weighted by Gasteiger charge is -2.19. The first-order valence-electron chi connectivity index (χ1n) is 7.47. The van der Waals surface area contributed by atoms with Crippen LogP contribution >= 0.6 is 27.3 Å². The van der Waals surface area contributed by atoms with E-state index >= 15 is 0 Å². The quantitative estimate of drug-likeness (QED) is 0.523. The third kappa shape index (κ3) is 5.40. The standard InChI is InChI=1S/C18H19BrN2O2S/c1-3-10-21(11-14-8-9-17(19)24-14)12-18(23)20-16-7-5-4-6-15(16)13(2)22/h3-9H,1,10-12H2,2H3,(H,20,23). The molecule has 0 saturated carbocycles. The number of carbonyl (C=O) groups excluding carboxylic acids is 2. The molecule has 6 heteroatoms. The van der Waals surface area contributed by atoms with Crippen LogP contribution < -0.4 is 5.32 Å². The van der Waals surface area contributed by atoms with Crippen molar-refractivity contribution in [3.05, 3.63) is 63.3 Å². The van der Waals surface area contributed by atoms with E-state index in [0.717, 1.165) is 3.79 Å². The Balaban J connectivity index is 2.03. The highest BCUT2D eigenvalue weighted by atomic mass is 79.9. The Bertz CT molecular complexity index is 742. The van der Waals surface area contributed by atoms with Crippen molar-refractivity contribution in [2.75, 3.05) is 18.4 Å². The fourth-order valence-corrected chi connectivity index (χ4v) is 3.84. The van der Waals surface area contributed by atoms with E-state index in [1.54, 1.807) is 41.7 Å². The Morgan fingerprint density at radius 1 is 1.29 bits per heavy atom. The summed E-state index contributed by atoms with van der Waals surface area (Å²) in [6.45, 7) is 6.75. The van der Waals surface area contributed by atoms with Crippen LogP contribution in [0.3, 0.4) is 0 Å². The first-order valence-corrected chi connectivity index (χ1v) is 9.08. The number of amides is 1. The van der Waals surface area contributed by atoms with E-state index in [2.05, 4.69) is 27.8 Å². The second-order valence-corrected chi connectivity index (χ2v) is 7.86. The summed E-state index contributed by atoms with van der Waals surface area (Å²) in [4.78, 5) is 27.2. The topological polar surface area (TPSA) is 49.4 Å². The van der Waals surface area contributed by atoms with E-state index in [0.29, 0.717) is 24.3 Å². The van der Waals surface area contributed by atoms with Crippen molar-refractivity contribution < 1.29 is 9.59 Å². The number of carbonyl (C=O) groups is 2. The number of nitrogens with zero attached hydrogens (tertiary/aromatic N) is 1. The third-order valence-electron chi connectivity index (χ3n) is 3.34. The summed E-state index contributed by atoms with van der Waals surface area (Å²) >= 11 is 5.09. The molecule has 0 atom stereocenters. The van der Waals surface area contributed by atoms with Crippen molar-refractivity contribution in [1.29, 1.82) is 0 Å². The highest BCUT2D eigenvalue weighted by Crippen LogP contribution is 2.23. The molecule has 0 aliphatic rings. The summed E-state index contributed by atoms with van der Waals surface area (Å²) in [5.41, 5.74) is 1.07. The molecule has 2 aromatic rings. The van der Waals surface area contributed by atoms with Gasteiger partial charge in [0.15, 0.2) is 5.78 Å². The maximum atomic E-state index is 12.4. The number of para-hydroxylation sites is 1.